The molecular weight excluding hydrogens is 338 g/mol. The van der Waals surface area contributed by atoms with Gasteiger partial charge < -0.3 is 10.2 Å². The highest BCUT2D eigenvalue weighted by atomic mass is 16.2. The first-order valence-corrected chi connectivity index (χ1v) is 9.10. The molecule has 1 amide bonds. The summed E-state index contributed by atoms with van der Waals surface area (Å²) in [5, 5.41) is 3.36. The predicted octanol–water partition coefficient (Wildman–Crippen LogP) is 3.69. The number of aryl methyl sites for hydroxylation is 2. The quantitative estimate of drug-likeness (QED) is 0.769. The number of carbonyl (C=O) groups is 1. The van der Waals surface area contributed by atoms with Crippen molar-refractivity contribution in [2.75, 3.05) is 16.8 Å². The summed E-state index contributed by atoms with van der Waals surface area (Å²) in [4.78, 5) is 27.5. The van der Waals surface area contributed by atoms with Gasteiger partial charge in [-0.2, -0.15) is 0 Å². The standard InChI is InChI=1S/C21H21N5O/c1-3-17-12-20(24-14(2)23-17)25-18-6-7-19-15(11-18)8-10-26(19)21(27)16-5-4-9-22-13-16/h4-7,9,11-13H,3,8,10H2,1-2H3,(H,23,24,25). The fourth-order valence-corrected chi connectivity index (χ4v) is 3.36. The first kappa shape index (κ1) is 17.1. The Kier molecular flexibility index (Phi) is 4.54. The van der Waals surface area contributed by atoms with Crippen LogP contribution in [-0.2, 0) is 12.8 Å². The summed E-state index contributed by atoms with van der Waals surface area (Å²) in [6, 6.07) is 11.6. The second kappa shape index (κ2) is 7.15. The van der Waals surface area contributed by atoms with Crippen LogP contribution >= 0.6 is 0 Å². The number of aromatic nitrogens is 3. The largest absolute Gasteiger partial charge is 0.340 e. The number of amides is 1. The summed E-state index contributed by atoms with van der Waals surface area (Å²) in [5.74, 6) is 1.54. The molecule has 0 spiro atoms. The molecule has 0 atom stereocenters. The molecule has 3 heterocycles. The number of anilines is 3. The molecule has 0 aliphatic carbocycles. The van der Waals surface area contributed by atoms with Crippen LogP contribution in [0.2, 0.25) is 0 Å². The number of nitrogens with one attached hydrogen (secondary N) is 1. The number of hydrogen-bond acceptors (Lipinski definition) is 5. The molecule has 0 saturated carbocycles. The van der Waals surface area contributed by atoms with Crippen molar-refractivity contribution in [2.45, 2.75) is 26.7 Å². The van der Waals surface area contributed by atoms with Gasteiger partial charge in [0.1, 0.15) is 11.6 Å². The van der Waals surface area contributed by atoms with Crippen molar-refractivity contribution in [1.29, 1.82) is 0 Å². The summed E-state index contributed by atoms with van der Waals surface area (Å²) < 4.78 is 0. The Hall–Kier alpha value is -3.28. The molecule has 136 valence electrons. The van der Waals surface area contributed by atoms with Crippen LogP contribution in [0.4, 0.5) is 17.2 Å². The maximum absolute atomic E-state index is 12.7. The highest BCUT2D eigenvalue weighted by Gasteiger charge is 2.25. The van der Waals surface area contributed by atoms with Gasteiger partial charge in [0, 0.05) is 42.1 Å². The molecule has 2 aromatic heterocycles. The minimum atomic E-state index is -0.0124. The number of pyridine rings is 1. The minimum Gasteiger partial charge on any atom is -0.340 e. The lowest BCUT2D eigenvalue weighted by atomic mass is 10.1. The highest BCUT2D eigenvalue weighted by Crippen LogP contribution is 2.32. The van der Waals surface area contributed by atoms with Crippen LogP contribution in [0.15, 0.2) is 48.8 Å². The van der Waals surface area contributed by atoms with Gasteiger partial charge in [-0.25, -0.2) is 9.97 Å². The van der Waals surface area contributed by atoms with Gasteiger partial charge in [0.15, 0.2) is 0 Å². The van der Waals surface area contributed by atoms with Gasteiger partial charge in [-0.3, -0.25) is 9.78 Å². The fraction of sp³-hybridized carbons (Fsp3) is 0.238. The summed E-state index contributed by atoms with van der Waals surface area (Å²) in [6.45, 7) is 4.66. The van der Waals surface area contributed by atoms with E-state index in [9.17, 15) is 4.79 Å². The fourth-order valence-electron chi connectivity index (χ4n) is 3.36. The molecule has 0 fully saturated rings. The van der Waals surface area contributed by atoms with E-state index in [-0.39, 0.29) is 5.91 Å². The first-order valence-electron chi connectivity index (χ1n) is 9.10. The Morgan fingerprint density at radius 1 is 1.22 bits per heavy atom. The lowest BCUT2D eigenvalue weighted by Crippen LogP contribution is -2.28. The summed E-state index contributed by atoms with van der Waals surface area (Å²) in [7, 11) is 0. The Labute approximate surface area is 158 Å². The van der Waals surface area contributed by atoms with Gasteiger partial charge in [-0.15, -0.1) is 0 Å². The molecule has 0 saturated heterocycles. The van der Waals surface area contributed by atoms with E-state index in [4.69, 9.17) is 0 Å². The zero-order valence-corrected chi connectivity index (χ0v) is 15.4. The van der Waals surface area contributed by atoms with Crippen molar-refractivity contribution < 1.29 is 4.79 Å². The number of benzene rings is 1. The number of rotatable bonds is 4. The van der Waals surface area contributed by atoms with Crippen molar-refractivity contribution >= 4 is 23.1 Å². The topological polar surface area (TPSA) is 71.0 Å². The maximum Gasteiger partial charge on any atom is 0.259 e. The van der Waals surface area contributed by atoms with E-state index in [0.29, 0.717) is 12.1 Å². The van der Waals surface area contributed by atoms with E-state index in [2.05, 4.69) is 33.3 Å². The van der Waals surface area contributed by atoms with Crippen molar-refractivity contribution in [3.63, 3.8) is 0 Å². The minimum absolute atomic E-state index is 0.0124. The van der Waals surface area contributed by atoms with Crippen molar-refractivity contribution in [2.24, 2.45) is 0 Å². The Morgan fingerprint density at radius 3 is 2.89 bits per heavy atom. The first-order chi connectivity index (χ1) is 13.1. The van der Waals surface area contributed by atoms with Gasteiger partial charge in [-0.1, -0.05) is 6.92 Å². The van der Waals surface area contributed by atoms with Gasteiger partial charge in [-0.05, 0) is 55.7 Å². The zero-order chi connectivity index (χ0) is 18.8. The molecule has 1 aliphatic heterocycles. The van der Waals surface area contributed by atoms with E-state index in [1.165, 1.54) is 0 Å². The molecule has 0 radical (unpaired) electrons. The molecule has 6 heteroatoms. The predicted molar refractivity (Wildman–Crippen MR) is 105 cm³/mol. The van der Waals surface area contributed by atoms with Crippen LogP contribution in [0.5, 0.6) is 0 Å². The molecule has 1 aliphatic rings. The molecule has 3 aromatic rings. The van der Waals surface area contributed by atoms with E-state index in [1.54, 1.807) is 24.5 Å². The number of hydrogen-bond donors (Lipinski definition) is 1. The van der Waals surface area contributed by atoms with E-state index in [1.807, 2.05) is 30.0 Å². The van der Waals surface area contributed by atoms with Crippen molar-refractivity contribution in [1.82, 2.24) is 15.0 Å². The average Bonchev–Trinajstić information content (AvgIpc) is 3.10. The second-order valence-corrected chi connectivity index (χ2v) is 6.56. The van der Waals surface area contributed by atoms with Crippen LogP contribution < -0.4 is 10.2 Å². The molecule has 0 bridgehead atoms. The molecule has 4 rings (SSSR count). The van der Waals surface area contributed by atoms with E-state index < -0.39 is 0 Å². The SMILES string of the molecule is CCc1cc(Nc2ccc3c(c2)CCN3C(=O)c2cccnc2)nc(C)n1. The summed E-state index contributed by atoms with van der Waals surface area (Å²) in [5.41, 5.74) is 4.70. The van der Waals surface area contributed by atoms with Crippen LogP contribution in [0.1, 0.15) is 34.4 Å². The monoisotopic (exact) mass is 359 g/mol. The molecular formula is C21H21N5O. The molecule has 27 heavy (non-hydrogen) atoms. The summed E-state index contributed by atoms with van der Waals surface area (Å²) >= 11 is 0. The third-order valence-corrected chi connectivity index (χ3v) is 4.65. The molecule has 0 unspecified atom stereocenters. The Bertz CT molecular complexity index is 987. The van der Waals surface area contributed by atoms with Crippen LogP contribution in [0.3, 0.4) is 0 Å². The third-order valence-electron chi connectivity index (χ3n) is 4.65. The van der Waals surface area contributed by atoms with Gasteiger partial charge >= 0.3 is 0 Å². The van der Waals surface area contributed by atoms with Gasteiger partial charge in [0.25, 0.3) is 5.91 Å². The van der Waals surface area contributed by atoms with Crippen LogP contribution in [0.25, 0.3) is 0 Å². The Morgan fingerprint density at radius 2 is 2.11 bits per heavy atom. The smallest absolute Gasteiger partial charge is 0.259 e. The van der Waals surface area contributed by atoms with Crippen LogP contribution in [-0.4, -0.2) is 27.4 Å². The van der Waals surface area contributed by atoms with Crippen molar-refractivity contribution in [3.8, 4) is 0 Å². The number of carbonyl (C=O) groups excluding carboxylic acids is 1. The van der Waals surface area contributed by atoms with Crippen molar-refractivity contribution in [3.05, 3.63) is 71.4 Å². The maximum atomic E-state index is 12.7. The molecule has 6 nitrogen and oxygen atoms in total. The Balaban J connectivity index is 1.57. The zero-order valence-electron chi connectivity index (χ0n) is 15.4. The average molecular weight is 359 g/mol. The summed E-state index contributed by atoms with van der Waals surface area (Å²) in [6.07, 6.45) is 4.98. The number of nitrogens with zero attached hydrogens (tertiary/aromatic N) is 4. The molecule has 1 aromatic carbocycles. The third kappa shape index (κ3) is 3.51. The second-order valence-electron chi connectivity index (χ2n) is 6.56. The van der Waals surface area contributed by atoms with E-state index in [0.717, 1.165) is 47.1 Å². The number of fused-ring (bicyclic) bond motifs is 1. The van der Waals surface area contributed by atoms with Gasteiger partial charge in [0.2, 0.25) is 0 Å². The molecule has 1 N–H and O–H groups in total. The lowest BCUT2D eigenvalue weighted by molar-refractivity contribution is 0.0989. The lowest BCUT2D eigenvalue weighted by Gasteiger charge is -2.17. The highest BCUT2D eigenvalue weighted by molar-refractivity contribution is 6.07. The normalized spacial score (nSPS) is 12.7. The van der Waals surface area contributed by atoms with Crippen LogP contribution in [0, 0.1) is 6.92 Å². The van der Waals surface area contributed by atoms with E-state index >= 15 is 0 Å². The van der Waals surface area contributed by atoms with Gasteiger partial charge in [0.05, 0.1) is 5.56 Å².